The van der Waals surface area contributed by atoms with E-state index in [1.54, 1.807) is 34.6 Å². The summed E-state index contributed by atoms with van der Waals surface area (Å²) in [7, 11) is 0. The normalized spacial score (nSPS) is 19.7. The van der Waals surface area contributed by atoms with Crippen LogP contribution >= 0.6 is 0 Å². The molecule has 1 aliphatic rings. The molecule has 1 heterocycles. The molecule has 2 unspecified atom stereocenters. The van der Waals surface area contributed by atoms with E-state index in [0.717, 1.165) is 24.1 Å². The molecule has 0 aliphatic heterocycles. The predicted molar refractivity (Wildman–Crippen MR) is 111 cm³/mol. The van der Waals surface area contributed by atoms with Crippen molar-refractivity contribution in [3.63, 3.8) is 0 Å². The highest BCUT2D eigenvalue weighted by Gasteiger charge is 2.33. The SMILES string of the molecule is Cc1[nH]c2c(C(N)=O)c(F)c(F)c(C3CCCC(NC(=O)OC(C)(C)C)C3)c2c1C. The van der Waals surface area contributed by atoms with Crippen LogP contribution in [0.3, 0.4) is 0 Å². The molecule has 1 aromatic carbocycles. The zero-order valence-corrected chi connectivity index (χ0v) is 18.0. The van der Waals surface area contributed by atoms with E-state index in [-0.39, 0.29) is 23.0 Å². The second-order valence-corrected chi connectivity index (χ2v) is 9.11. The number of H-pyrrole nitrogens is 1. The molecule has 1 saturated carbocycles. The molecule has 6 nitrogen and oxygen atoms in total. The Morgan fingerprint density at radius 2 is 1.83 bits per heavy atom. The number of rotatable bonds is 3. The molecule has 164 valence electrons. The van der Waals surface area contributed by atoms with Crippen molar-refractivity contribution in [2.75, 3.05) is 0 Å². The van der Waals surface area contributed by atoms with Gasteiger partial charge in [0.2, 0.25) is 0 Å². The first-order valence-electron chi connectivity index (χ1n) is 10.2. The number of primary amides is 1. The topological polar surface area (TPSA) is 97.2 Å². The lowest BCUT2D eigenvalue weighted by Gasteiger charge is -2.31. The number of hydrogen-bond donors (Lipinski definition) is 3. The standard InChI is InChI=1S/C22H29F2N3O3/c1-10-11(2)26-19-14(10)15(17(23)18(24)16(19)20(25)28)12-7-6-8-13(9-12)27-21(29)30-22(3,4)5/h12-13,26H,6-9H2,1-5H3,(H2,25,28)(H,27,29). The lowest BCUT2D eigenvalue weighted by molar-refractivity contribution is 0.0490. The van der Waals surface area contributed by atoms with Gasteiger partial charge in [-0.15, -0.1) is 0 Å². The van der Waals surface area contributed by atoms with Gasteiger partial charge in [-0.25, -0.2) is 13.6 Å². The van der Waals surface area contributed by atoms with E-state index in [2.05, 4.69) is 10.3 Å². The van der Waals surface area contributed by atoms with E-state index >= 15 is 4.39 Å². The Hall–Kier alpha value is -2.64. The summed E-state index contributed by atoms with van der Waals surface area (Å²) in [6, 6.07) is -0.215. The van der Waals surface area contributed by atoms with Crippen LogP contribution < -0.4 is 11.1 Å². The number of nitrogens with one attached hydrogen (secondary N) is 2. The average molecular weight is 421 g/mol. The van der Waals surface area contributed by atoms with Gasteiger partial charge in [0.1, 0.15) is 11.2 Å². The number of aryl methyl sites for hydroxylation is 2. The zero-order chi connectivity index (χ0) is 22.4. The van der Waals surface area contributed by atoms with Gasteiger partial charge < -0.3 is 20.8 Å². The minimum absolute atomic E-state index is 0.215. The smallest absolute Gasteiger partial charge is 0.407 e. The van der Waals surface area contributed by atoms with Crippen molar-refractivity contribution in [3.05, 3.63) is 34.0 Å². The fraction of sp³-hybridized carbons (Fsp3) is 0.545. The molecular formula is C22H29F2N3O3. The Labute approximate surface area is 174 Å². The van der Waals surface area contributed by atoms with E-state index in [9.17, 15) is 14.0 Å². The second kappa shape index (κ2) is 7.89. The van der Waals surface area contributed by atoms with Crippen LogP contribution in [0.15, 0.2) is 0 Å². The Morgan fingerprint density at radius 3 is 2.43 bits per heavy atom. The zero-order valence-electron chi connectivity index (χ0n) is 18.0. The number of amides is 2. The predicted octanol–water partition coefficient (Wildman–Crippen LogP) is 4.71. The third-order valence-electron chi connectivity index (χ3n) is 5.72. The molecule has 1 aromatic heterocycles. The Bertz CT molecular complexity index is 1010. The number of alkyl carbamates (subject to hydrolysis) is 1. The minimum atomic E-state index is -1.23. The van der Waals surface area contributed by atoms with E-state index in [0.29, 0.717) is 18.2 Å². The van der Waals surface area contributed by atoms with Crippen LogP contribution in [0.25, 0.3) is 10.9 Å². The maximum Gasteiger partial charge on any atom is 0.407 e. The molecule has 1 fully saturated rings. The number of benzene rings is 1. The summed E-state index contributed by atoms with van der Waals surface area (Å²) >= 11 is 0. The van der Waals surface area contributed by atoms with Gasteiger partial charge in [0.05, 0.1) is 5.52 Å². The van der Waals surface area contributed by atoms with E-state index in [1.165, 1.54) is 0 Å². The first-order valence-corrected chi connectivity index (χ1v) is 10.2. The average Bonchev–Trinajstić information content (AvgIpc) is 2.89. The minimum Gasteiger partial charge on any atom is -0.444 e. The van der Waals surface area contributed by atoms with Gasteiger partial charge in [-0.3, -0.25) is 4.79 Å². The summed E-state index contributed by atoms with van der Waals surface area (Å²) in [5.74, 6) is -3.60. The molecule has 8 heteroatoms. The highest BCUT2D eigenvalue weighted by Crippen LogP contribution is 2.42. The van der Waals surface area contributed by atoms with Crippen LogP contribution in [0, 0.1) is 25.5 Å². The molecular weight excluding hydrogens is 392 g/mol. The molecule has 0 saturated heterocycles. The molecule has 0 radical (unpaired) electrons. The molecule has 0 spiro atoms. The number of nitrogens with two attached hydrogens (primary N) is 1. The van der Waals surface area contributed by atoms with Crippen LogP contribution in [-0.2, 0) is 4.74 Å². The van der Waals surface area contributed by atoms with Gasteiger partial charge >= 0.3 is 6.09 Å². The third-order valence-corrected chi connectivity index (χ3v) is 5.72. The van der Waals surface area contributed by atoms with E-state index in [1.807, 2.05) is 0 Å². The summed E-state index contributed by atoms with van der Waals surface area (Å²) in [5, 5.41) is 3.35. The molecule has 30 heavy (non-hydrogen) atoms. The lowest BCUT2D eigenvalue weighted by atomic mass is 9.79. The molecule has 4 N–H and O–H groups in total. The number of ether oxygens (including phenoxy) is 1. The van der Waals surface area contributed by atoms with Gasteiger partial charge in [-0.05, 0) is 65.4 Å². The number of halogens is 2. The van der Waals surface area contributed by atoms with Gasteiger partial charge in [-0.1, -0.05) is 6.42 Å². The van der Waals surface area contributed by atoms with Crippen molar-refractivity contribution in [2.24, 2.45) is 5.73 Å². The number of hydrogen-bond acceptors (Lipinski definition) is 3. The van der Waals surface area contributed by atoms with Gasteiger partial charge in [0.15, 0.2) is 11.6 Å². The molecule has 2 amide bonds. The highest BCUT2D eigenvalue weighted by molar-refractivity contribution is 6.07. The third kappa shape index (κ3) is 4.13. The van der Waals surface area contributed by atoms with Crippen LogP contribution in [0.2, 0.25) is 0 Å². The molecule has 0 bridgehead atoms. The number of carbonyl (C=O) groups excluding carboxylic acids is 2. The summed E-state index contributed by atoms with van der Waals surface area (Å²) in [6.45, 7) is 8.93. The molecule has 3 rings (SSSR count). The lowest BCUT2D eigenvalue weighted by Crippen LogP contribution is -2.41. The number of fused-ring (bicyclic) bond motifs is 1. The maximum absolute atomic E-state index is 15.2. The van der Waals surface area contributed by atoms with Crippen molar-refractivity contribution < 1.29 is 23.1 Å². The fourth-order valence-electron chi connectivity index (χ4n) is 4.36. The summed E-state index contributed by atoms with van der Waals surface area (Å²) in [5.41, 5.74) is 6.20. The molecule has 1 aliphatic carbocycles. The van der Waals surface area contributed by atoms with E-state index in [4.69, 9.17) is 10.5 Å². The molecule has 2 atom stereocenters. The fourth-order valence-corrected chi connectivity index (χ4v) is 4.36. The Balaban J connectivity index is 2.00. The number of aromatic nitrogens is 1. The van der Waals surface area contributed by atoms with Crippen LogP contribution in [-0.4, -0.2) is 28.6 Å². The van der Waals surface area contributed by atoms with E-state index < -0.39 is 34.8 Å². The molecule has 2 aromatic rings. The number of aromatic amines is 1. The van der Waals surface area contributed by atoms with Crippen molar-refractivity contribution in [1.82, 2.24) is 10.3 Å². The largest absolute Gasteiger partial charge is 0.444 e. The second-order valence-electron chi connectivity index (χ2n) is 9.11. The summed E-state index contributed by atoms with van der Waals surface area (Å²) in [6.07, 6.45) is 2.05. The van der Waals surface area contributed by atoms with Crippen molar-refractivity contribution in [3.8, 4) is 0 Å². The Morgan fingerprint density at radius 1 is 1.17 bits per heavy atom. The quantitative estimate of drug-likeness (QED) is 0.669. The highest BCUT2D eigenvalue weighted by atomic mass is 19.2. The number of carbonyl (C=O) groups is 2. The van der Waals surface area contributed by atoms with Gasteiger partial charge in [0, 0.05) is 22.7 Å². The van der Waals surface area contributed by atoms with Crippen molar-refractivity contribution >= 4 is 22.9 Å². The Kier molecular flexibility index (Phi) is 5.80. The maximum atomic E-state index is 15.2. The van der Waals surface area contributed by atoms with Crippen LogP contribution in [0.4, 0.5) is 13.6 Å². The van der Waals surface area contributed by atoms with Gasteiger partial charge in [-0.2, -0.15) is 0 Å². The summed E-state index contributed by atoms with van der Waals surface area (Å²) in [4.78, 5) is 27.0. The van der Waals surface area contributed by atoms with Crippen molar-refractivity contribution in [1.29, 1.82) is 0 Å². The first-order chi connectivity index (χ1) is 13.9. The van der Waals surface area contributed by atoms with Crippen LogP contribution in [0.1, 0.15) is 79.6 Å². The monoisotopic (exact) mass is 421 g/mol. The van der Waals surface area contributed by atoms with Crippen molar-refractivity contribution in [2.45, 2.75) is 77.9 Å². The van der Waals surface area contributed by atoms with Crippen LogP contribution in [0.5, 0.6) is 0 Å². The first kappa shape index (κ1) is 22.1. The summed E-state index contributed by atoms with van der Waals surface area (Å²) < 4.78 is 35.4. The van der Waals surface area contributed by atoms with Gasteiger partial charge in [0.25, 0.3) is 5.91 Å².